The van der Waals surface area contributed by atoms with Gasteiger partial charge in [0.1, 0.15) is 0 Å². The van der Waals surface area contributed by atoms with E-state index >= 15 is 0 Å². The van der Waals surface area contributed by atoms with Crippen LogP contribution < -0.4 is 0 Å². The fourth-order valence-corrected chi connectivity index (χ4v) is 1.48. The van der Waals surface area contributed by atoms with E-state index in [1.807, 2.05) is 38.1 Å². The average molecular weight is 237 g/mol. The molecule has 0 aliphatic heterocycles. The van der Waals surface area contributed by atoms with Gasteiger partial charge in [-0.2, -0.15) is 4.98 Å². The van der Waals surface area contributed by atoms with Gasteiger partial charge in [0.2, 0.25) is 5.89 Å². The second kappa shape index (κ2) is 4.66. The Balaban J connectivity index is 2.11. The molecule has 2 rings (SSSR count). The monoisotopic (exact) mass is 236 g/mol. The lowest BCUT2D eigenvalue weighted by molar-refractivity contribution is 0.377. The highest BCUT2D eigenvalue weighted by atomic mass is 35.5. The molecule has 16 heavy (non-hydrogen) atoms. The summed E-state index contributed by atoms with van der Waals surface area (Å²) in [4.78, 5) is 4.32. The maximum absolute atomic E-state index is 5.81. The molecule has 2 aromatic rings. The Labute approximate surface area is 99.4 Å². The van der Waals surface area contributed by atoms with Gasteiger partial charge in [0, 0.05) is 10.9 Å². The molecule has 0 aliphatic carbocycles. The standard InChI is InChI=1S/C12H13ClN2O/c1-8(2)12-14-11(16-15-12)7-9-3-5-10(13)6-4-9/h3-6,8H,7H2,1-2H3. The second-order valence-corrected chi connectivity index (χ2v) is 4.44. The molecule has 0 unspecified atom stereocenters. The van der Waals surface area contributed by atoms with Crippen molar-refractivity contribution in [2.75, 3.05) is 0 Å². The molecule has 1 aromatic carbocycles. The summed E-state index contributed by atoms with van der Waals surface area (Å²) in [7, 11) is 0. The van der Waals surface area contributed by atoms with Crippen molar-refractivity contribution in [2.24, 2.45) is 0 Å². The van der Waals surface area contributed by atoms with Crippen LogP contribution >= 0.6 is 11.6 Å². The zero-order chi connectivity index (χ0) is 11.5. The van der Waals surface area contributed by atoms with E-state index in [2.05, 4.69) is 10.1 Å². The molecule has 1 aromatic heterocycles. The first-order valence-electron chi connectivity index (χ1n) is 5.22. The lowest BCUT2D eigenvalue weighted by Crippen LogP contribution is -1.92. The molecule has 1 heterocycles. The van der Waals surface area contributed by atoms with Crippen molar-refractivity contribution >= 4 is 11.6 Å². The molecule has 0 spiro atoms. The topological polar surface area (TPSA) is 38.9 Å². The third-order valence-electron chi connectivity index (χ3n) is 2.27. The summed E-state index contributed by atoms with van der Waals surface area (Å²) in [6, 6.07) is 7.64. The van der Waals surface area contributed by atoms with Gasteiger partial charge in [0.15, 0.2) is 5.82 Å². The Kier molecular flexibility index (Phi) is 3.25. The molecule has 0 fully saturated rings. The molecular weight excluding hydrogens is 224 g/mol. The fourth-order valence-electron chi connectivity index (χ4n) is 1.35. The first-order chi connectivity index (χ1) is 7.65. The van der Waals surface area contributed by atoms with Gasteiger partial charge < -0.3 is 4.52 Å². The second-order valence-electron chi connectivity index (χ2n) is 4.00. The van der Waals surface area contributed by atoms with Gasteiger partial charge in [-0.3, -0.25) is 0 Å². The van der Waals surface area contributed by atoms with E-state index in [1.54, 1.807) is 0 Å². The van der Waals surface area contributed by atoms with Crippen molar-refractivity contribution in [2.45, 2.75) is 26.2 Å². The Morgan fingerprint density at radius 2 is 1.94 bits per heavy atom. The molecule has 0 aliphatic rings. The summed E-state index contributed by atoms with van der Waals surface area (Å²) in [6.45, 7) is 4.08. The lowest BCUT2D eigenvalue weighted by Gasteiger charge is -1.96. The third-order valence-corrected chi connectivity index (χ3v) is 2.52. The molecule has 0 N–H and O–H groups in total. The number of benzene rings is 1. The smallest absolute Gasteiger partial charge is 0.231 e. The number of hydrogen-bond donors (Lipinski definition) is 0. The summed E-state index contributed by atoms with van der Waals surface area (Å²) in [5, 5.41) is 4.65. The highest BCUT2D eigenvalue weighted by Crippen LogP contribution is 2.14. The first kappa shape index (κ1) is 11.1. The molecule has 0 radical (unpaired) electrons. The van der Waals surface area contributed by atoms with Gasteiger partial charge in [-0.1, -0.05) is 42.7 Å². The van der Waals surface area contributed by atoms with Gasteiger partial charge in [-0.25, -0.2) is 0 Å². The summed E-state index contributed by atoms with van der Waals surface area (Å²) >= 11 is 5.81. The Morgan fingerprint density at radius 1 is 1.25 bits per heavy atom. The first-order valence-corrected chi connectivity index (χ1v) is 5.60. The molecule has 4 heteroatoms. The van der Waals surface area contributed by atoms with Crippen LogP contribution in [0.15, 0.2) is 28.8 Å². The molecule has 84 valence electrons. The van der Waals surface area contributed by atoms with Gasteiger partial charge in [-0.15, -0.1) is 0 Å². The largest absolute Gasteiger partial charge is 0.339 e. The van der Waals surface area contributed by atoms with Crippen molar-refractivity contribution in [3.05, 3.63) is 46.6 Å². The Hall–Kier alpha value is -1.35. The highest BCUT2D eigenvalue weighted by Gasteiger charge is 2.09. The summed E-state index contributed by atoms with van der Waals surface area (Å²) < 4.78 is 5.17. The van der Waals surface area contributed by atoms with Crippen LogP contribution in [0.1, 0.15) is 37.0 Å². The SMILES string of the molecule is CC(C)c1noc(Cc2ccc(Cl)cc2)n1. The van der Waals surface area contributed by atoms with E-state index in [1.165, 1.54) is 0 Å². The maximum Gasteiger partial charge on any atom is 0.231 e. The number of halogens is 1. The lowest BCUT2D eigenvalue weighted by atomic mass is 10.1. The summed E-state index contributed by atoms with van der Waals surface area (Å²) in [5.41, 5.74) is 1.11. The fraction of sp³-hybridized carbons (Fsp3) is 0.333. The number of aromatic nitrogens is 2. The van der Waals surface area contributed by atoms with Crippen LogP contribution in [0.2, 0.25) is 5.02 Å². The van der Waals surface area contributed by atoms with Crippen molar-refractivity contribution in [3.63, 3.8) is 0 Å². The van der Waals surface area contributed by atoms with E-state index in [4.69, 9.17) is 16.1 Å². The Morgan fingerprint density at radius 3 is 2.50 bits per heavy atom. The van der Waals surface area contributed by atoms with Crippen molar-refractivity contribution in [3.8, 4) is 0 Å². The van der Waals surface area contributed by atoms with Gasteiger partial charge in [0.25, 0.3) is 0 Å². The van der Waals surface area contributed by atoms with E-state index in [9.17, 15) is 0 Å². The van der Waals surface area contributed by atoms with E-state index in [-0.39, 0.29) is 0 Å². The van der Waals surface area contributed by atoms with Crippen LogP contribution in [0.5, 0.6) is 0 Å². The third kappa shape index (κ3) is 2.61. The highest BCUT2D eigenvalue weighted by molar-refractivity contribution is 6.30. The van der Waals surface area contributed by atoms with Crippen LogP contribution in [0.3, 0.4) is 0 Å². The van der Waals surface area contributed by atoms with Crippen LogP contribution in [0.4, 0.5) is 0 Å². The minimum absolute atomic E-state index is 0.294. The van der Waals surface area contributed by atoms with Crippen molar-refractivity contribution in [1.82, 2.24) is 10.1 Å². The molecule has 0 amide bonds. The molecular formula is C12H13ClN2O. The average Bonchev–Trinajstić information content (AvgIpc) is 2.70. The minimum atomic E-state index is 0.294. The van der Waals surface area contributed by atoms with Crippen LogP contribution in [0, 0.1) is 0 Å². The number of hydrogen-bond acceptors (Lipinski definition) is 3. The predicted octanol–water partition coefficient (Wildman–Crippen LogP) is 3.44. The molecule has 3 nitrogen and oxygen atoms in total. The normalized spacial score (nSPS) is 11.0. The maximum atomic E-state index is 5.81. The number of nitrogens with zero attached hydrogens (tertiary/aromatic N) is 2. The van der Waals surface area contributed by atoms with Crippen LogP contribution in [-0.2, 0) is 6.42 Å². The molecule has 0 saturated heterocycles. The Bertz CT molecular complexity index is 462. The van der Waals surface area contributed by atoms with Gasteiger partial charge in [-0.05, 0) is 17.7 Å². The van der Waals surface area contributed by atoms with Crippen LogP contribution in [0.25, 0.3) is 0 Å². The zero-order valence-electron chi connectivity index (χ0n) is 9.27. The van der Waals surface area contributed by atoms with Crippen LogP contribution in [-0.4, -0.2) is 10.1 Å². The predicted molar refractivity (Wildman–Crippen MR) is 62.6 cm³/mol. The van der Waals surface area contributed by atoms with E-state index < -0.39 is 0 Å². The molecule has 0 atom stereocenters. The number of rotatable bonds is 3. The zero-order valence-corrected chi connectivity index (χ0v) is 10.0. The molecule has 0 saturated carbocycles. The van der Waals surface area contributed by atoms with E-state index in [0.29, 0.717) is 18.2 Å². The van der Waals surface area contributed by atoms with Gasteiger partial charge >= 0.3 is 0 Å². The summed E-state index contributed by atoms with van der Waals surface area (Å²) in [5.74, 6) is 1.69. The van der Waals surface area contributed by atoms with Crippen molar-refractivity contribution in [1.29, 1.82) is 0 Å². The minimum Gasteiger partial charge on any atom is -0.339 e. The quantitative estimate of drug-likeness (QED) is 0.820. The molecule has 0 bridgehead atoms. The van der Waals surface area contributed by atoms with E-state index in [0.717, 1.165) is 16.4 Å². The van der Waals surface area contributed by atoms with Crippen molar-refractivity contribution < 1.29 is 4.52 Å². The van der Waals surface area contributed by atoms with Gasteiger partial charge in [0.05, 0.1) is 6.42 Å². The summed E-state index contributed by atoms with van der Waals surface area (Å²) in [6.07, 6.45) is 0.650.